The molecule has 1 aliphatic carbocycles. The number of nitrogens with zero attached hydrogens (tertiary/aromatic N) is 2. The second-order valence-electron chi connectivity index (χ2n) is 7.15. The summed E-state index contributed by atoms with van der Waals surface area (Å²) in [5.41, 5.74) is 0. The summed E-state index contributed by atoms with van der Waals surface area (Å²) in [4.78, 5) is 16.9. The van der Waals surface area contributed by atoms with Crippen LogP contribution >= 0.6 is 0 Å². The molecule has 1 saturated carbocycles. The molecule has 0 radical (unpaired) electrons. The lowest BCUT2D eigenvalue weighted by molar-refractivity contribution is 0.0940. The van der Waals surface area contributed by atoms with Gasteiger partial charge in [0.05, 0.1) is 12.1 Å². The quantitative estimate of drug-likeness (QED) is 0.677. The molecule has 3 N–H and O–H groups in total. The Morgan fingerprint density at radius 3 is 2.48 bits per heavy atom. The number of urea groups is 1. The van der Waals surface area contributed by atoms with E-state index in [0.29, 0.717) is 12.5 Å². The molecule has 2 rings (SSSR count). The second kappa shape index (κ2) is 9.45. The summed E-state index contributed by atoms with van der Waals surface area (Å²) in [5.74, 6) is 0.435. The van der Waals surface area contributed by atoms with Crippen LogP contribution in [0.3, 0.4) is 0 Å². The Kier molecular flexibility index (Phi) is 7.59. The maximum Gasteiger partial charge on any atom is 0.315 e. The van der Waals surface area contributed by atoms with Crippen LogP contribution in [0.15, 0.2) is 0 Å². The van der Waals surface area contributed by atoms with E-state index in [9.17, 15) is 9.90 Å². The number of rotatable bonds is 6. The Morgan fingerprint density at radius 2 is 1.83 bits per heavy atom. The predicted octanol–water partition coefficient (Wildman–Crippen LogP) is 0.863. The Bertz CT molecular complexity index is 359. The molecule has 2 amide bonds. The largest absolute Gasteiger partial charge is 0.391 e. The molecule has 23 heavy (non-hydrogen) atoms. The number of carbonyl (C=O) groups excluding carboxylic acids is 1. The lowest BCUT2D eigenvalue weighted by Gasteiger charge is -2.35. The van der Waals surface area contributed by atoms with Crippen LogP contribution in [-0.2, 0) is 0 Å². The maximum absolute atomic E-state index is 12.0. The zero-order valence-corrected chi connectivity index (χ0v) is 14.8. The highest BCUT2D eigenvalue weighted by molar-refractivity contribution is 5.74. The van der Waals surface area contributed by atoms with Gasteiger partial charge in [0.15, 0.2) is 0 Å². The molecule has 6 nitrogen and oxygen atoms in total. The van der Waals surface area contributed by atoms with Gasteiger partial charge < -0.3 is 25.5 Å². The van der Waals surface area contributed by atoms with Crippen LogP contribution in [0.1, 0.15) is 39.5 Å². The predicted molar refractivity (Wildman–Crippen MR) is 92.5 cm³/mol. The van der Waals surface area contributed by atoms with E-state index < -0.39 is 0 Å². The molecular weight excluding hydrogens is 292 g/mol. The van der Waals surface area contributed by atoms with E-state index >= 15 is 0 Å². The van der Waals surface area contributed by atoms with E-state index in [1.807, 2.05) is 0 Å². The number of nitrogens with one attached hydrogen (secondary N) is 2. The smallest absolute Gasteiger partial charge is 0.315 e. The van der Waals surface area contributed by atoms with E-state index in [-0.39, 0.29) is 18.2 Å². The molecule has 1 saturated heterocycles. The van der Waals surface area contributed by atoms with Gasteiger partial charge in [-0.05, 0) is 25.3 Å². The lowest BCUT2D eigenvalue weighted by Crippen LogP contribution is -2.51. The monoisotopic (exact) mass is 326 g/mol. The Labute approximate surface area is 140 Å². The summed E-state index contributed by atoms with van der Waals surface area (Å²) in [6.45, 7) is 11.8. The van der Waals surface area contributed by atoms with E-state index in [4.69, 9.17) is 0 Å². The minimum absolute atomic E-state index is 0.0822. The van der Waals surface area contributed by atoms with Crippen molar-refractivity contribution < 1.29 is 9.90 Å². The first-order chi connectivity index (χ1) is 11.1. The van der Waals surface area contributed by atoms with Crippen molar-refractivity contribution in [3.05, 3.63) is 0 Å². The van der Waals surface area contributed by atoms with Crippen molar-refractivity contribution in [3.63, 3.8) is 0 Å². The molecule has 0 aromatic heterocycles. The van der Waals surface area contributed by atoms with Gasteiger partial charge in [-0.2, -0.15) is 0 Å². The van der Waals surface area contributed by atoms with Crippen LogP contribution in [0.5, 0.6) is 0 Å². The summed E-state index contributed by atoms with van der Waals surface area (Å²) >= 11 is 0. The highest BCUT2D eigenvalue weighted by Gasteiger charge is 2.24. The van der Waals surface area contributed by atoms with Gasteiger partial charge in [0.25, 0.3) is 0 Å². The van der Waals surface area contributed by atoms with Gasteiger partial charge in [0, 0.05) is 39.3 Å². The first-order valence-corrected chi connectivity index (χ1v) is 9.25. The zero-order chi connectivity index (χ0) is 16.7. The first kappa shape index (κ1) is 18.5. The number of hydrogen-bond acceptors (Lipinski definition) is 4. The zero-order valence-electron chi connectivity index (χ0n) is 14.8. The van der Waals surface area contributed by atoms with Crippen molar-refractivity contribution >= 4 is 6.03 Å². The molecule has 3 atom stereocenters. The van der Waals surface area contributed by atoms with Gasteiger partial charge in [0.1, 0.15) is 0 Å². The Balaban J connectivity index is 1.60. The normalized spacial score (nSPS) is 28.3. The van der Waals surface area contributed by atoms with Crippen LogP contribution in [0, 0.1) is 5.92 Å². The molecule has 2 aliphatic rings. The van der Waals surface area contributed by atoms with Gasteiger partial charge in [0.2, 0.25) is 0 Å². The number of aliphatic hydroxyl groups is 1. The van der Waals surface area contributed by atoms with Crippen LogP contribution in [0.4, 0.5) is 4.79 Å². The molecule has 0 spiro atoms. The molecule has 1 aliphatic heterocycles. The lowest BCUT2D eigenvalue weighted by atomic mass is 9.93. The summed E-state index contributed by atoms with van der Waals surface area (Å²) < 4.78 is 0. The van der Waals surface area contributed by atoms with Gasteiger partial charge in [-0.25, -0.2) is 4.79 Å². The number of piperazine rings is 1. The van der Waals surface area contributed by atoms with Gasteiger partial charge in [-0.1, -0.05) is 26.7 Å². The Morgan fingerprint density at radius 1 is 1.17 bits per heavy atom. The standard InChI is InChI=1S/C17H34N4O2/c1-3-20-8-10-21(11-9-20)13-14(2)12-18-17(23)19-15-6-4-5-7-16(15)22/h14-16,22H,3-13H2,1-2H3,(H2,18,19,23)/t14-,15-,16-/m1/s1. The highest BCUT2D eigenvalue weighted by Crippen LogP contribution is 2.18. The third-order valence-electron chi connectivity index (χ3n) is 5.14. The fourth-order valence-corrected chi connectivity index (χ4v) is 3.56. The second-order valence-corrected chi connectivity index (χ2v) is 7.15. The van der Waals surface area contributed by atoms with E-state index in [1.165, 1.54) is 0 Å². The van der Waals surface area contributed by atoms with Crippen LogP contribution in [-0.4, -0.2) is 78.9 Å². The van der Waals surface area contributed by atoms with Crippen LogP contribution in [0.2, 0.25) is 0 Å². The van der Waals surface area contributed by atoms with Gasteiger partial charge in [-0.3, -0.25) is 0 Å². The Hall–Kier alpha value is -0.850. The van der Waals surface area contributed by atoms with E-state index in [1.54, 1.807) is 0 Å². The van der Waals surface area contributed by atoms with Gasteiger partial charge >= 0.3 is 6.03 Å². The number of amides is 2. The minimum Gasteiger partial charge on any atom is -0.391 e. The van der Waals surface area contributed by atoms with Crippen molar-refractivity contribution in [1.82, 2.24) is 20.4 Å². The SMILES string of the molecule is CCN1CCN(C[C@H](C)CNC(=O)N[C@@H]2CCCC[C@H]2O)CC1. The molecular formula is C17H34N4O2. The van der Waals surface area contributed by atoms with E-state index in [2.05, 4.69) is 34.3 Å². The highest BCUT2D eigenvalue weighted by atomic mass is 16.3. The average Bonchev–Trinajstić information content (AvgIpc) is 2.56. The van der Waals surface area contributed by atoms with Crippen molar-refractivity contribution in [2.75, 3.05) is 45.8 Å². The fourth-order valence-electron chi connectivity index (χ4n) is 3.56. The third-order valence-corrected chi connectivity index (χ3v) is 5.14. The molecule has 0 bridgehead atoms. The van der Waals surface area contributed by atoms with Crippen LogP contribution in [0.25, 0.3) is 0 Å². The third kappa shape index (κ3) is 6.28. The molecule has 2 fully saturated rings. The molecule has 6 heteroatoms. The van der Waals surface area contributed by atoms with Crippen molar-refractivity contribution in [1.29, 1.82) is 0 Å². The van der Waals surface area contributed by atoms with Crippen LogP contribution < -0.4 is 10.6 Å². The molecule has 1 heterocycles. The van der Waals surface area contributed by atoms with E-state index in [0.717, 1.165) is 65.0 Å². The minimum atomic E-state index is -0.387. The summed E-state index contributed by atoms with van der Waals surface area (Å²) in [6.07, 6.45) is 3.43. The molecule has 0 unspecified atom stereocenters. The summed E-state index contributed by atoms with van der Waals surface area (Å²) in [5, 5.41) is 15.8. The van der Waals surface area contributed by atoms with Gasteiger partial charge in [-0.15, -0.1) is 0 Å². The molecule has 0 aromatic rings. The topological polar surface area (TPSA) is 67.8 Å². The first-order valence-electron chi connectivity index (χ1n) is 9.25. The number of aliphatic hydroxyl groups excluding tert-OH is 1. The van der Waals surface area contributed by atoms with Crippen molar-refractivity contribution in [2.45, 2.75) is 51.7 Å². The molecule has 0 aromatic carbocycles. The number of likely N-dealkylation sites (N-methyl/N-ethyl adjacent to an activating group) is 1. The maximum atomic E-state index is 12.0. The fraction of sp³-hybridized carbons (Fsp3) is 0.941. The summed E-state index contributed by atoms with van der Waals surface area (Å²) in [7, 11) is 0. The van der Waals surface area contributed by atoms with Crippen molar-refractivity contribution in [3.8, 4) is 0 Å². The molecule has 134 valence electrons. The average molecular weight is 326 g/mol. The number of hydrogen-bond donors (Lipinski definition) is 3. The summed E-state index contributed by atoms with van der Waals surface area (Å²) in [6, 6.07) is -0.222. The number of carbonyl (C=O) groups is 1. The van der Waals surface area contributed by atoms with Crippen molar-refractivity contribution in [2.24, 2.45) is 5.92 Å².